The van der Waals surface area contributed by atoms with Crippen molar-refractivity contribution in [1.29, 1.82) is 0 Å². The van der Waals surface area contributed by atoms with Crippen molar-refractivity contribution >= 4 is 66.1 Å². The zero-order valence-corrected chi connectivity index (χ0v) is 34.9. The first-order chi connectivity index (χ1) is 27.5. The normalized spacial score (nSPS) is 19.2. The molecule has 1 spiro atoms. The van der Waals surface area contributed by atoms with Gasteiger partial charge >= 0.3 is 5.51 Å². The number of anilines is 2. The van der Waals surface area contributed by atoms with Crippen molar-refractivity contribution in [3.8, 4) is 0 Å². The molecule has 0 saturated carbocycles. The number of benzene rings is 4. The lowest BCUT2D eigenvalue weighted by Crippen LogP contribution is -2.63. The van der Waals surface area contributed by atoms with Crippen molar-refractivity contribution in [2.24, 2.45) is 5.41 Å². The van der Waals surface area contributed by atoms with E-state index in [0.717, 1.165) is 79.6 Å². The monoisotopic (exact) mass is 872 g/mol. The molecule has 1 aliphatic carbocycles. The highest BCUT2D eigenvalue weighted by atomic mass is 35.5. The molecule has 0 radical (unpaired) electrons. The number of sulfonamides is 1. The van der Waals surface area contributed by atoms with Crippen LogP contribution in [0.25, 0.3) is 5.57 Å². The number of piperidine rings is 1. The minimum Gasteiger partial charge on any atom is -0.381 e. The second-order valence-electron chi connectivity index (χ2n) is 15.3. The Hall–Kier alpha value is -4.02. The van der Waals surface area contributed by atoms with Crippen LogP contribution in [0.2, 0.25) is 5.02 Å². The maximum atomic E-state index is 13.8. The quantitative estimate of drug-likeness (QED) is 0.135. The van der Waals surface area contributed by atoms with Gasteiger partial charge in [0.05, 0.1) is 10.6 Å². The van der Waals surface area contributed by atoms with Gasteiger partial charge in [-0.1, -0.05) is 48.0 Å². The Morgan fingerprint density at radius 1 is 0.931 bits per heavy atom. The van der Waals surface area contributed by atoms with Crippen LogP contribution in [0.4, 0.5) is 24.5 Å². The van der Waals surface area contributed by atoms with Crippen LogP contribution in [0, 0.1) is 5.41 Å². The summed E-state index contributed by atoms with van der Waals surface area (Å²) in [5, 5.41) is 3.51. The molecule has 0 aromatic heterocycles. The molecule has 58 heavy (non-hydrogen) atoms. The first kappa shape index (κ1) is 42.1. The number of thioether (sulfide) groups is 1. The molecule has 16 heteroatoms. The molecule has 2 N–H and O–H groups in total. The van der Waals surface area contributed by atoms with Crippen LogP contribution in [-0.2, 0) is 19.9 Å². The fraction of sp³-hybridized carbons (Fsp3) is 0.357. The molecule has 3 aliphatic rings. The molecule has 2 fully saturated rings. The lowest BCUT2D eigenvalue weighted by atomic mass is 9.70. The number of amides is 1. The third-order valence-corrected chi connectivity index (χ3v) is 15.5. The van der Waals surface area contributed by atoms with Gasteiger partial charge in [0, 0.05) is 65.2 Å². The van der Waals surface area contributed by atoms with E-state index in [1.807, 2.05) is 47.2 Å². The van der Waals surface area contributed by atoms with E-state index in [9.17, 15) is 34.8 Å². The maximum absolute atomic E-state index is 13.8. The van der Waals surface area contributed by atoms with E-state index in [2.05, 4.69) is 33.3 Å². The Morgan fingerprint density at radius 2 is 1.60 bits per heavy atom. The molecule has 7 rings (SSSR count). The van der Waals surface area contributed by atoms with Crippen LogP contribution < -0.4 is 14.9 Å². The van der Waals surface area contributed by atoms with Gasteiger partial charge in [0.25, 0.3) is 25.8 Å². The van der Waals surface area contributed by atoms with Crippen LogP contribution in [0.15, 0.2) is 118 Å². The number of nitrogens with one attached hydrogen (secondary N) is 2. The van der Waals surface area contributed by atoms with Crippen molar-refractivity contribution in [1.82, 2.24) is 9.62 Å². The van der Waals surface area contributed by atoms with E-state index in [1.54, 1.807) is 19.1 Å². The van der Waals surface area contributed by atoms with Crippen molar-refractivity contribution < 1.29 is 34.8 Å². The topological polar surface area (TPSA) is 116 Å². The summed E-state index contributed by atoms with van der Waals surface area (Å²) in [5.74, 6) is -0.643. The zero-order chi connectivity index (χ0) is 41.3. The summed E-state index contributed by atoms with van der Waals surface area (Å²) in [5.41, 5.74) is -2.36. The van der Waals surface area contributed by atoms with Crippen molar-refractivity contribution in [3.05, 3.63) is 119 Å². The van der Waals surface area contributed by atoms with Crippen molar-refractivity contribution in [3.63, 3.8) is 0 Å². The van der Waals surface area contributed by atoms with Gasteiger partial charge in [0.1, 0.15) is 4.90 Å². The Kier molecular flexibility index (Phi) is 12.3. The molecule has 2 heterocycles. The van der Waals surface area contributed by atoms with E-state index >= 15 is 0 Å². The predicted molar refractivity (Wildman–Crippen MR) is 224 cm³/mol. The number of sulfone groups is 1. The Labute approximate surface area is 347 Å². The lowest BCUT2D eigenvalue weighted by molar-refractivity contribution is -0.0435. The number of rotatable bonds is 12. The van der Waals surface area contributed by atoms with Crippen molar-refractivity contribution in [2.75, 3.05) is 42.1 Å². The Balaban J connectivity index is 0.966. The molecule has 2 saturated heterocycles. The second kappa shape index (κ2) is 16.9. The zero-order valence-electron chi connectivity index (χ0n) is 31.7. The van der Waals surface area contributed by atoms with Gasteiger partial charge in [-0.2, -0.15) is 13.2 Å². The van der Waals surface area contributed by atoms with Gasteiger partial charge in [-0.15, -0.1) is 11.8 Å². The van der Waals surface area contributed by atoms with Crippen LogP contribution in [0.3, 0.4) is 0 Å². The Bertz CT molecular complexity index is 2370. The SMILES string of the molecule is CC(CSc1ccccc1)Nc1ccc(S(=O)(=O)NC(=O)c2ccc(N3CCC4(CC3)CN(C3CCCC=C3c3ccc(Cl)cc3)C4)cc2)cc1S(=O)(=O)C(F)(F)F. The van der Waals surface area contributed by atoms with E-state index in [1.165, 1.54) is 41.5 Å². The molecule has 4 aromatic rings. The van der Waals surface area contributed by atoms with Gasteiger partial charge in [-0.25, -0.2) is 21.6 Å². The molecule has 2 unspecified atom stereocenters. The number of carbonyl (C=O) groups excluding carboxylic acids is 1. The summed E-state index contributed by atoms with van der Waals surface area (Å²) in [6, 6.07) is 26.0. The first-order valence-corrected chi connectivity index (χ1v) is 23.4. The molecule has 308 valence electrons. The van der Waals surface area contributed by atoms with Crippen LogP contribution >= 0.6 is 23.4 Å². The minimum atomic E-state index is -5.99. The molecule has 0 bridgehead atoms. The highest BCUT2D eigenvalue weighted by molar-refractivity contribution is 7.99. The third kappa shape index (κ3) is 9.23. The van der Waals surface area contributed by atoms with E-state index in [0.29, 0.717) is 17.9 Å². The van der Waals surface area contributed by atoms with E-state index < -0.39 is 52.8 Å². The molecule has 4 aromatic carbocycles. The smallest absolute Gasteiger partial charge is 0.381 e. The van der Waals surface area contributed by atoms with Gasteiger partial charge < -0.3 is 10.2 Å². The number of halogens is 4. The van der Waals surface area contributed by atoms with Crippen molar-refractivity contribution in [2.45, 2.75) is 71.3 Å². The minimum absolute atomic E-state index is 0.0126. The molecule has 2 aliphatic heterocycles. The highest BCUT2D eigenvalue weighted by Crippen LogP contribution is 2.46. The molecular formula is C42H44ClF3N4O5S3. The number of alkyl halides is 3. The van der Waals surface area contributed by atoms with Crippen LogP contribution in [-0.4, -0.2) is 77.2 Å². The fourth-order valence-electron chi connectivity index (χ4n) is 8.03. The number of likely N-dealkylation sites (tertiary alicyclic amines) is 1. The van der Waals surface area contributed by atoms with Gasteiger partial charge in [0.2, 0.25) is 0 Å². The number of carbonyl (C=O) groups is 1. The summed E-state index contributed by atoms with van der Waals surface area (Å²) in [7, 11) is -10.8. The number of allylic oxidation sites excluding steroid dienone is 1. The number of hydrogen-bond acceptors (Lipinski definition) is 9. The Morgan fingerprint density at radius 3 is 2.26 bits per heavy atom. The molecule has 9 nitrogen and oxygen atoms in total. The maximum Gasteiger partial charge on any atom is 0.501 e. The van der Waals surface area contributed by atoms with E-state index in [-0.39, 0.29) is 11.0 Å². The highest BCUT2D eigenvalue weighted by Gasteiger charge is 2.49. The fourth-order valence-corrected chi connectivity index (χ4v) is 11.1. The second-order valence-corrected chi connectivity index (χ2v) is 20.4. The summed E-state index contributed by atoms with van der Waals surface area (Å²) < 4.78 is 95.3. The standard InChI is InChI=1S/C42H44ClF3N4O5S3/c1-29(26-56-34-7-3-2-4-8-34)47-37-20-19-35(25-39(37)57(52,53)42(44,45)46)58(54,55)48-40(51)31-13-17-33(18-14-31)49-23-21-41(22-24-49)27-50(28-41)38-10-6-5-9-36(38)30-11-15-32(43)16-12-30/h2-4,7-9,11-20,25,29,38,47H,5-6,10,21-24,26-28H2,1H3,(H,48,51). The summed E-state index contributed by atoms with van der Waals surface area (Å²) >= 11 is 7.56. The molecular weight excluding hydrogens is 829 g/mol. The van der Waals surface area contributed by atoms with Gasteiger partial charge in [-0.3, -0.25) is 9.69 Å². The van der Waals surface area contributed by atoms with E-state index in [4.69, 9.17) is 11.6 Å². The third-order valence-electron chi connectivity index (χ3n) is 11.1. The summed E-state index contributed by atoms with van der Waals surface area (Å²) in [4.78, 5) is 16.8. The average molecular weight is 873 g/mol. The van der Waals surface area contributed by atoms with Gasteiger partial charge in [-0.05, 0) is 122 Å². The van der Waals surface area contributed by atoms with Crippen LogP contribution in [0.5, 0.6) is 0 Å². The predicted octanol–water partition coefficient (Wildman–Crippen LogP) is 8.88. The largest absolute Gasteiger partial charge is 0.501 e. The number of nitrogens with zero attached hydrogens (tertiary/aromatic N) is 2. The number of hydrogen-bond donors (Lipinski definition) is 2. The summed E-state index contributed by atoms with van der Waals surface area (Å²) in [6.45, 7) is 5.40. The average Bonchev–Trinajstić information content (AvgIpc) is 3.19. The molecule has 2 atom stereocenters. The lowest BCUT2D eigenvalue weighted by Gasteiger charge is -2.57. The van der Waals surface area contributed by atoms with Crippen LogP contribution in [0.1, 0.15) is 54.9 Å². The van der Waals surface area contributed by atoms with Gasteiger partial charge in [0.15, 0.2) is 0 Å². The summed E-state index contributed by atoms with van der Waals surface area (Å²) in [6.07, 6.45) is 7.79. The molecule has 1 amide bonds. The first-order valence-electron chi connectivity index (χ1n) is 19.1.